The molecular weight excluding hydrogens is 290 g/mol. The average molecular weight is 318 g/mol. The van der Waals surface area contributed by atoms with Gasteiger partial charge in [-0.2, -0.15) is 0 Å². The molecule has 2 fully saturated rings. The third-order valence-electron chi connectivity index (χ3n) is 6.23. The summed E-state index contributed by atoms with van der Waals surface area (Å²) in [5.41, 5.74) is 1.31. The van der Waals surface area contributed by atoms with E-state index in [4.69, 9.17) is 0 Å². The summed E-state index contributed by atoms with van der Waals surface area (Å²) in [6.07, 6.45) is 13.6. The van der Waals surface area contributed by atoms with Gasteiger partial charge in [0, 0.05) is 0 Å². The average Bonchev–Trinajstić information content (AvgIpc) is 2.61. The van der Waals surface area contributed by atoms with Crippen LogP contribution in [0.2, 0.25) is 0 Å². The van der Waals surface area contributed by atoms with Gasteiger partial charge >= 0.3 is 0 Å². The van der Waals surface area contributed by atoms with Crippen LogP contribution in [0, 0.1) is 23.6 Å². The minimum Gasteiger partial charge on any atom is -0.216 e. The van der Waals surface area contributed by atoms with Gasteiger partial charge in [0.2, 0.25) is 0 Å². The smallest absolute Gasteiger partial charge is 0.123 e. The Hall–Kier alpha value is -1.18. The molecule has 2 aliphatic carbocycles. The fourth-order valence-electron chi connectivity index (χ4n) is 4.80. The predicted molar refractivity (Wildman–Crippen MR) is 91.4 cm³/mol. The zero-order chi connectivity index (χ0) is 16.1. The maximum absolute atomic E-state index is 13.0. The largest absolute Gasteiger partial charge is 0.216 e. The van der Waals surface area contributed by atoms with Gasteiger partial charge in [0.15, 0.2) is 0 Å². The lowest BCUT2D eigenvalue weighted by molar-refractivity contribution is 0.160. The van der Waals surface area contributed by atoms with Crippen LogP contribution in [0.1, 0.15) is 69.3 Å². The summed E-state index contributed by atoms with van der Waals surface area (Å²) in [6.45, 7) is 0. The van der Waals surface area contributed by atoms with Gasteiger partial charge in [-0.1, -0.05) is 18.2 Å². The summed E-state index contributed by atoms with van der Waals surface area (Å²) in [4.78, 5) is 0. The van der Waals surface area contributed by atoms with Gasteiger partial charge in [-0.25, -0.2) is 8.78 Å². The van der Waals surface area contributed by atoms with Gasteiger partial charge in [-0.15, -0.1) is 0 Å². The second kappa shape index (κ2) is 8.08. The fourth-order valence-corrected chi connectivity index (χ4v) is 4.80. The third kappa shape index (κ3) is 4.43. The van der Waals surface area contributed by atoms with Crippen molar-refractivity contribution in [3.63, 3.8) is 0 Å². The monoisotopic (exact) mass is 318 g/mol. The van der Waals surface area contributed by atoms with Crippen molar-refractivity contribution in [3.8, 4) is 0 Å². The molecule has 2 aliphatic rings. The number of allylic oxidation sites excluding steroid dienone is 1. The number of rotatable bonds is 4. The zero-order valence-corrected chi connectivity index (χ0v) is 13.9. The summed E-state index contributed by atoms with van der Waals surface area (Å²) >= 11 is 0. The number of halogens is 2. The Labute approximate surface area is 139 Å². The predicted octanol–water partition coefficient (Wildman–Crippen LogP) is 6.78. The number of hydrogen-bond acceptors (Lipinski definition) is 0. The van der Waals surface area contributed by atoms with Crippen LogP contribution < -0.4 is 0 Å². The Morgan fingerprint density at radius 1 is 0.826 bits per heavy atom. The first kappa shape index (κ1) is 16.7. The maximum Gasteiger partial charge on any atom is 0.123 e. The Bertz CT molecular complexity index is 489. The van der Waals surface area contributed by atoms with Crippen LogP contribution >= 0.6 is 0 Å². The van der Waals surface area contributed by atoms with Crippen molar-refractivity contribution < 1.29 is 8.78 Å². The van der Waals surface area contributed by atoms with Gasteiger partial charge in [0.1, 0.15) is 5.82 Å². The summed E-state index contributed by atoms with van der Waals surface area (Å²) in [5, 5.41) is 0. The van der Waals surface area contributed by atoms with Crippen molar-refractivity contribution in [2.75, 3.05) is 0 Å². The van der Waals surface area contributed by atoms with Crippen molar-refractivity contribution in [1.29, 1.82) is 0 Å². The van der Waals surface area contributed by atoms with Crippen LogP contribution in [0.4, 0.5) is 8.78 Å². The molecule has 0 saturated heterocycles. The van der Waals surface area contributed by atoms with E-state index in [-0.39, 0.29) is 5.82 Å². The summed E-state index contributed by atoms with van der Waals surface area (Å²) in [7, 11) is 0. The molecule has 2 saturated carbocycles. The molecule has 0 heterocycles. The zero-order valence-electron chi connectivity index (χ0n) is 13.9. The first-order valence-corrected chi connectivity index (χ1v) is 9.27. The van der Waals surface area contributed by atoms with Crippen LogP contribution in [0.25, 0.3) is 0 Å². The van der Waals surface area contributed by atoms with Gasteiger partial charge in [0.25, 0.3) is 0 Å². The van der Waals surface area contributed by atoms with Crippen LogP contribution in [-0.2, 0) is 0 Å². The van der Waals surface area contributed by atoms with E-state index >= 15 is 0 Å². The minimum absolute atomic E-state index is 0.137. The normalized spacial score (nSPS) is 32.3. The Balaban J connectivity index is 1.45. The topological polar surface area (TPSA) is 0 Å². The van der Waals surface area contributed by atoms with Crippen molar-refractivity contribution >= 4 is 0 Å². The van der Waals surface area contributed by atoms with Crippen molar-refractivity contribution in [1.82, 2.24) is 0 Å². The van der Waals surface area contributed by atoms with Gasteiger partial charge in [0.05, 0.1) is 6.33 Å². The lowest BCUT2D eigenvalue weighted by Crippen LogP contribution is -2.25. The van der Waals surface area contributed by atoms with Crippen molar-refractivity contribution in [2.24, 2.45) is 17.8 Å². The lowest BCUT2D eigenvalue weighted by atomic mass is 9.68. The maximum atomic E-state index is 13.0. The summed E-state index contributed by atoms with van der Waals surface area (Å²) < 4.78 is 25.2. The molecule has 23 heavy (non-hydrogen) atoms. The molecule has 3 rings (SSSR count). The van der Waals surface area contributed by atoms with Crippen LogP contribution in [0.3, 0.4) is 0 Å². The standard InChI is InChI=1S/C21H28F2/c22-15-1-2-16-3-5-17(6-4-16)18-7-9-19(10-8-18)20-11-13-21(23)14-12-20/h1,11-19H,2-10H2/b15-1+/t16-,17-,18-,19-. The molecule has 0 nitrogen and oxygen atoms in total. The number of benzene rings is 1. The van der Waals surface area contributed by atoms with Gasteiger partial charge < -0.3 is 0 Å². The molecule has 2 heteroatoms. The Kier molecular flexibility index (Phi) is 5.85. The van der Waals surface area contributed by atoms with Gasteiger partial charge in [-0.05, 0) is 99.2 Å². The molecule has 0 radical (unpaired) electrons. The van der Waals surface area contributed by atoms with Crippen LogP contribution in [0.5, 0.6) is 0 Å². The van der Waals surface area contributed by atoms with Crippen LogP contribution in [0.15, 0.2) is 36.7 Å². The molecule has 0 bridgehead atoms. The molecule has 0 amide bonds. The second-order valence-corrected chi connectivity index (χ2v) is 7.54. The molecule has 0 aliphatic heterocycles. The van der Waals surface area contributed by atoms with E-state index in [1.165, 1.54) is 56.9 Å². The third-order valence-corrected chi connectivity index (χ3v) is 6.23. The highest BCUT2D eigenvalue weighted by molar-refractivity contribution is 5.20. The minimum atomic E-state index is -0.137. The first-order chi connectivity index (χ1) is 11.3. The highest BCUT2D eigenvalue weighted by Gasteiger charge is 2.30. The quantitative estimate of drug-likeness (QED) is 0.574. The molecule has 126 valence electrons. The second-order valence-electron chi connectivity index (χ2n) is 7.54. The summed E-state index contributed by atoms with van der Waals surface area (Å²) in [5.74, 6) is 2.95. The van der Waals surface area contributed by atoms with E-state index in [0.717, 1.165) is 18.3 Å². The van der Waals surface area contributed by atoms with E-state index in [9.17, 15) is 8.78 Å². The Morgan fingerprint density at radius 2 is 1.39 bits per heavy atom. The molecule has 0 aromatic heterocycles. The fraction of sp³-hybridized carbons (Fsp3) is 0.619. The molecule has 0 N–H and O–H groups in total. The lowest BCUT2D eigenvalue weighted by Gasteiger charge is -2.38. The van der Waals surface area contributed by atoms with Crippen molar-refractivity contribution in [3.05, 3.63) is 48.1 Å². The van der Waals surface area contributed by atoms with E-state index in [1.807, 2.05) is 12.1 Å². The molecule has 0 spiro atoms. The van der Waals surface area contributed by atoms with Crippen LogP contribution in [-0.4, -0.2) is 0 Å². The SMILES string of the molecule is F/C=C/C[C@H]1CC[C@H]([C@H]2CC[C@H](c3ccc(F)cc3)CC2)CC1. The molecule has 0 unspecified atom stereocenters. The van der Waals surface area contributed by atoms with E-state index in [0.29, 0.717) is 18.2 Å². The van der Waals surface area contributed by atoms with E-state index in [1.54, 1.807) is 18.2 Å². The van der Waals surface area contributed by atoms with E-state index in [2.05, 4.69) is 0 Å². The number of hydrogen-bond donors (Lipinski definition) is 0. The highest BCUT2D eigenvalue weighted by atomic mass is 19.1. The highest BCUT2D eigenvalue weighted by Crippen LogP contribution is 2.44. The summed E-state index contributed by atoms with van der Waals surface area (Å²) in [6, 6.07) is 7.11. The van der Waals surface area contributed by atoms with Gasteiger partial charge in [-0.3, -0.25) is 0 Å². The Morgan fingerprint density at radius 3 is 1.96 bits per heavy atom. The molecule has 1 aromatic carbocycles. The molecule has 1 aromatic rings. The van der Waals surface area contributed by atoms with Crippen molar-refractivity contribution in [2.45, 2.75) is 63.7 Å². The van der Waals surface area contributed by atoms with E-state index < -0.39 is 0 Å². The molecule has 0 atom stereocenters. The first-order valence-electron chi connectivity index (χ1n) is 9.27. The molecular formula is C21H28F2.